The number of carbonyl (C=O) groups excluding carboxylic acids is 1. The summed E-state index contributed by atoms with van der Waals surface area (Å²) in [5, 5.41) is 14.9. The number of aliphatic hydroxyl groups is 1. The lowest BCUT2D eigenvalue weighted by Gasteiger charge is -2.25. The summed E-state index contributed by atoms with van der Waals surface area (Å²) in [4.78, 5) is 14.6. The zero-order chi connectivity index (χ0) is 19.9. The van der Waals surface area contributed by atoms with Crippen molar-refractivity contribution in [3.8, 4) is 5.75 Å². The van der Waals surface area contributed by atoms with E-state index in [0.717, 1.165) is 27.8 Å². The summed E-state index contributed by atoms with van der Waals surface area (Å²) < 4.78 is 5.68. The van der Waals surface area contributed by atoms with E-state index < -0.39 is 6.10 Å². The molecule has 146 valence electrons. The summed E-state index contributed by atoms with van der Waals surface area (Å²) in [5.41, 5.74) is 1.65. The summed E-state index contributed by atoms with van der Waals surface area (Å²) in [5.74, 6) is 0.749. The third-order valence-electron chi connectivity index (χ3n) is 4.44. The number of aliphatic hydroxyl groups excluding tert-OH is 1. The van der Waals surface area contributed by atoms with E-state index in [1.54, 1.807) is 11.8 Å². The van der Waals surface area contributed by atoms with Crippen molar-refractivity contribution in [3.05, 3.63) is 72.3 Å². The van der Waals surface area contributed by atoms with Gasteiger partial charge in [-0.25, -0.2) is 4.79 Å². The molecule has 0 saturated heterocycles. The fourth-order valence-corrected chi connectivity index (χ4v) is 3.20. The number of benzene rings is 3. The topological polar surface area (TPSA) is 61.8 Å². The molecule has 2 amide bonds. The van der Waals surface area contributed by atoms with Gasteiger partial charge in [-0.2, -0.15) is 0 Å². The van der Waals surface area contributed by atoms with Crippen molar-refractivity contribution in [2.75, 3.05) is 18.5 Å². The van der Waals surface area contributed by atoms with Gasteiger partial charge in [0.25, 0.3) is 0 Å². The molecular formula is C23H26N2O3. The fourth-order valence-electron chi connectivity index (χ4n) is 3.20. The lowest BCUT2D eigenvalue weighted by molar-refractivity contribution is 0.135. The number of amides is 2. The molecule has 0 aliphatic heterocycles. The third-order valence-corrected chi connectivity index (χ3v) is 4.44. The lowest BCUT2D eigenvalue weighted by Crippen LogP contribution is -2.39. The number of nitrogens with zero attached hydrogens (tertiary/aromatic N) is 1. The quantitative estimate of drug-likeness (QED) is 0.629. The van der Waals surface area contributed by atoms with Crippen LogP contribution in [0.15, 0.2) is 66.7 Å². The van der Waals surface area contributed by atoms with Crippen LogP contribution in [0.5, 0.6) is 5.75 Å². The van der Waals surface area contributed by atoms with E-state index in [0.29, 0.717) is 13.2 Å². The normalized spacial score (nSPS) is 11.8. The van der Waals surface area contributed by atoms with Crippen LogP contribution in [-0.4, -0.2) is 35.3 Å². The molecule has 2 N–H and O–H groups in total. The third kappa shape index (κ3) is 4.81. The monoisotopic (exact) mass is 378 g/mol. The highest BCUT2D eigenvalue weighted by atomic mass is 16.5. The molecule has 5 heteroatoms. The standard InChI is InChI=1S/C23H26N2O3/c1-3-28-22-14-7-5-10-19(22)16-25(15-17(2)26)23(27)24-21-13-8-11-18-9-4-6-12-20(18)21/h4-14,17,26H,3,15-16H2,1-2H3,(H,24,27)/t17-/m1/s1. The number of rotatable bonds is 7. The molecule has 3 aromatic rings. The van der Waals surface area contributed by atoms with Crippen molar-refractivity contribution in [1.82, 2.24) is 4.90 Å². The number of hydrogen-bond acceptors (Lipinski definition) is 3. The molecule has 28 heavy (non-hydrogen) atoms. The average molecular weight is 378 g/mol. The van der Waals surface area contributed by atoms with Crippen LogP contribution in [0.1, 0.15) is 19.4 Å². The van der Waals surface area contributed by atoms with Crippen LogP contribution in [-0.2, 0) is 6.54 Å². The molecule has 0 bridgehead atoms. The van der Waals surface area contributed by atoms with Gasteiger partial charge in [0.1, 0.15) is 5.75 Å². The van der Waals surface area contributed by atoms with Gasteiger partial charge in [-0.05, 0) is 31.4 Å². The van der Waals surface area contributed by atoms with E-state index in [1.807, 2.05) is 73.7 Å². The molecule has 0 aromatic heterocycles. The highest BCUT2D eigenvalue weighted by molar-refractivity contribution is 6.01. The molecule has 0 heterocycles. The Kier molecular flexibility index (Phi) is 6.50. The van der Waals surface area contributed by atoms with Gasteiger partial charge in [0.2, 0.25) is 0 Å². The Morgan fingerprint density at radius 3 is 2.57 bits per heavy atom. The minimum absolute atomic E-state index is 0.219. The highest BCUT2D eigenvalue weighted by Gasteiger charge is 2.19. The van der Waals surface area contributed by atoms with Gasteiger partial charge in [0, 0.05) is 17.5 Å². The first-order chi connectivity index (χ1) is 13.6. The van der Waals surface area contributed by atoms with Crippen molar-refractivity contribution >= 4 is 22.5 Å². The average Bonchev–Trinajstić information content (AvgIpc) is 2.69. The van der Waals surface area contributed by atoms with Crippen molar-refractivity contribution in [2.45, 2.75) is 26.5 Å². The molecule has 0 aliphatic carbocycles. The number of ether oxygens (including phenoxy) is 1. The van der Waals surface area contributed by atoms with Gasteiger partial charge in [0.05, 0.1) is 24.9 Å². The molecule has 0 fully saturated rings. The molecular weight excluding hydrogens is 352 g/mol. The van der Waals surface area contributed by atoms with Gasteiger partial charge in [-0.3, -0.25) is 0 Å². The van der Waals surface area contributed by atoms with E-state index in [2.05, 4.69) is 5.32 Å². The predicted octanol–water partition coefficient (Wildman–Crippen LogP) is 4.65. The van der Waals surface area contributed by atoms with Crippen molar-refractivity contribution in [1.29, 1.82) is 0 Å². The molecule has 3 rings (SSSR count). The number of para-hydroxylation sites is 1. The SMILES string of the molecule is CCOc1ccccc1CN(C[C@@H](C)O)C(=O)Nc1cccc2ccccc12. The van der Waals surface area contributed by atoms with E-state index in [4.69, 9.17) is 4.74 Å². The van der Waals surface area contributed by atoms with Crippen LogP contribution < -0.4 is 10.1 Å². The fraction of sp³-hybridized carbons (Fsp3) is 0.261. The summed E-state index contributed by atoms with van der Waals surface area (Å²) in [6.07, 6.45) is -0.641. The van der Waals surface area contributed by atoms with Crippen LogP contribution in [0.25, 0.3) is 10.8 Å². The van der Waals surface area contributed by atoms with Crippen LogP contribution in [0.4, 0.5) is 10.5 Å². The minimum atomic E-state index is -0.641. The zero-order valence-electron chi connectivity index (χ0n) is 16.3. The summed E-state index contributed by atoms with van der Waals surface area (Å²) >= 11 is 0. The van der Waals surface area contributed by atoms with Crippen molar-refractivity contribution < 1.29 is 14.6 Å². The van der Waals surface area contributed by atoms with Crippen LogP contribution >= 0.6 is 0 Å². The second-order valence-electron chi connectivity index (χ2n) is 6.73. The molecule has 1 atom stereocenters. The Labute approximate surface area is 165 Å². The second kappa shape index (κ2) is 9.24. The first-order valence-corrected chi connectivity index (χ1v) is 9.51. The molecule has 5 nitrogen and oxygen atoms in total. The number of carbonyl (C=O) groups is 1. The Bertz CT molecular complexity index is 935. The van der Waals surface area contributed by atoms with E-state index in [-0.39, 0.29) is 12.6 Å². The maximum Gasteiger partial charge on any atom is 0.322 e. The molecule has 0 spiro atoms. The predicted molar refractivity (Wildman–Crippen MR) is 113 cm³/mol. The summed E-state index contributed by atoms with van der Waals surface area (Å²) in [6.45, 7) is 4.72. The van der Waals surface area contributed by atoms with Crippen molar-refractivity contribution in [3.63, 3.8) is 0 Å². The van der Waals surface area contributed by atoms with Gasteiger partial charge in [-0.15, -0.1) is 0 Å². The summed E-state index contributed by atoms with van der Waals surface area (Å²) in [7, 11) is 0. The van der Waals surface area contributed by atoms with Crippen LogP contribution in [0.2, 0.25) is 0 Å². The molecule has 0 saturated carbocycles. The van der Waals surface area contributed by atoms with E-state index in [9.17, 15) is 9.90 Å². The second-order valence-corrected chi connectivity index (χ2v) is 6.73. The zero-order valence-corrected chi connectivity index (χ0v) is 16.3. The molecule has 0 unspecified atom stereocenters. The largest absolute Gasteiger partial charge is 0.494 e. The smallest absolute Gasteiger partial charge is 0.322 e. The highest BCUT2D eigenvalue weighted by Crippen LogP contribution is 2.24. The van der Waals surface area contributed by atoms with Gasteiger partial charge < -0.3 is 20.1 Å². The maximum atomic E-state index is 13.0. The lowest BCUT2D eigenvalue weighted by atomic mass is 10.1. The molecule has 0 aliphatic rings. The first kappa shape index (κ1) is 19.7. The molecule has 0 radical (unpaired) electrons. The Morgan fingerprint density at radius 1 is 1.07 bits per heavy atom. The number of hydrogen-bond donors (Lipinski definition) is 2. The van der Waals surface area contributed by atoms with E-state index in [1.165, 1.54) is 0 Å². The Hall–Kier alpha value is -3.05. The van der Waals surface area contributed by atoms with Gasteiger partial charge >= 0.3 is 6.03 Å². The molecule has 3 aromatic carbocycles. The number of fused-ring (bicyclic) bond motifs is 1. The van der Waals surface area contributed by atoms with Gasteiger partial charge in [-0.1, -0.05) is 54.6 Å². The van der Waals surface area contributed by atoms with E-state index >= 15 is 0 Å². The first-order valence-electron chi connectivity index (χ1n) is 9.51. The number of anilines is 1. The Morgan fingerprint density at radius 2 is 1.79 bits per heavy atom. The number of urea groups is 1. The van der Waals surface area contributed by atoms with Crippen LogP contribution in [0, 0.1) is 0 Å². The Balaban J connectivity index is 1.84. The minimum Gasteiger partial charge on any atom is -0.494 e. The van der Waals surface area contributed by atoms with Crippen LogP contribution in [0.3, 0.4) is 0 Å². The maximum absolute atomic E-state index is 13.0. The summed E-state index contributed by atoms with van der Waals surface area (Å²) in [6, 6.07) is 21.1. The van der Waals surface area contributed by atoms with Gasteiger partial charge in [0.15, 0.2) is 0 Å². The van der Waals surface area contributed by atoms with Crippen molar-refractivity contribution in [2.24, 2.45) is 0 Å². The number of nitrogens with one attached hydrogen (secondary N) is 1.